The zero-order chi connectivity index (χ0) is 16.0. The van der Waals surface area contributed by atoms with E-state index in [2.05, 4.69) is 6.58 Å². The molecule has 0 radical (unpaired) electrons. The van der Waals surface area contributed by atoms with Crippen LogP contribution >= 0.6 is 0 Å². The zero-order valence-corrected chi connectivity index (χ0v) is 12.8. The fourth-order valence-electron chi connectivity index (χ4n) is 1.71. The van der Waals surface area contributed by atoms with Gasteiger partial charge < -0.3 is 9.47 Å². The molecule has 0 atom stereocenters. The number of ketones is 2. The Morgan fingerprint density at radius 1 is 1.10 bits per heavy atom. The SMILES string of the molecule is C=CC(=O)C(C)(C)C(=O)C=Cc1ccc(OC)c(OC)c1. The number of allylic oxidation sites excluding steroid dienone is 2. The van der Waals surface area contributed by atoms with Crippen LogP contribution in [0.2, 0.25) is 0 Å². The molecule has 1 rings (SSSR count). The van der Waals surface area contributed by atoms with Gasteiger partial charge in [0, 0.05) is 0 Å². The predicted octanol–water partition coefficient (Wildman–Crippen LogP) is 3.07. The summed E-state index contributed by atoms with van der Waals surface area (Å²) in [5.74, 6) is 0.614. The molecule has 0 aliphatic rings. The summed E-state index contributed by atoms with van der Waals surface area (Å²) < 4.78 is 10.3. The van der Waals surface area contributed by atoms with E-state index in [4.69, 9.17) is 9.47 Å². The summed E-state index contributed by atoms with van der Waals surface area (Å²) in [6, 6.07) is 5.31. The summed E-state index contributed by atoms with van der Waals surface area (Å²) in [6.45, 7) is 6.58. The minimum Gasteiger partial charge on any atom is -0.493 e. The van der Waals surface area contributed by atoms with Crippen molar-refractivity contribution in [2.75, 3.05) is 14.2 Å². The second-order valence-electron chi connectivity index (χ2n) is 5.01. The van der Waals surface area contributed by atoms with Gasteiger partial charge in [0.25, 0.3) is 0 Å². The molecule has 1 aromatic rings. The van der Waals surface area contributed by atoms with Crippen LogP contribution in [0, 0.1) is 5.41 Å². The third-order valence-electron chi connectivity index (χ3n) is 3.25. The maximum atomic E-state index is 12.1. The van der Waals surface area contributed by atoms with Gasteiger partial charge in [0.2, 0.25) is 0 Å². The molecule has 0 aliphatic heterocycles. The summed E-state index contributed by atoms with van der Waals surface area (Å²) in [4.78, 5) is 23.8. The van der Waals surface area contributed by atoms with Crippen LogP contribution in [0.1, 0.15) is 19.4 Å². The van der Waals surface area contributed by atoms with E-state index >= 15 is 0 Å². The Kier molecular flexibility index (Phi) is 5.47. The number of hydrogen-bond donors (Lipinski definition) is 0. The Balaban J connectivity index is 2.98. The Hall–Kier alpha value is -2.36. The van der Waals surface area contributed by atoms with Crippen LogP contribution in [-0.4, -0.2) is 25.8 Å². The van der Waals surface area contributed by atoms with Crippen molar-refractivity contribution in [3.63, 3.8) is 0 Å². The van der Waals surface area contributed by atoms with E-state index in [1.54, 1.807) is 52.3 Å². The summed E-state index contributed by atoms with van der Waals surface area (Å²) in [7, 11) is 3.10. The van der Waals surface area contributed by atoms with Crippen molar-refractivity contribution in [1.29, 1.82) is 0 Å². The molecule has 4 nitrogen and oxygen atoms in total. The van der Waals surface area contributed by atoms with Crippen molar-refractivity contribution in [2.24, 2.45) is 5.41 Å². The van der Waals surface area contributed by atoms with Crippen molar-refractivity contribution in [3.05, 3.63) is 42.5 Å². The molecule has 0 aliphatic carbocycles. The highest BCUT2D eigenvalue weighted by molar-refractivity contribution is 6.15. The van der Waals surface area contributed by atoms with Crippen molar-refractivity contribution in [1.82, 2.24) is 0 Å². The minimum atomic E-state index is -1.10. The molecule has 0 saturated heterocycles. The van der Waals surface area contributed by atoms with Crippen LogP contribution in [0.15, 0.2) is 36.9 Å². The van der Waals surface area contributed by atoms with Crippen LogP contribution in [0.25, 0.3) is 6.08 Å². The number of rotatable bonds is 7. The predicted molar refractivity (Wildman–Crippen MR) is 82.6 cm³/mol. The van der Waals surface area contributed by atoms with E-state index in [0.717, 1.165) is 5.56 Å². The molecular formula is C17H20O4. The fraction of sp³-hybridized carbons (Fsp3) is 0.294. The fourth-order valence-corrected chi connectivity index (χ4v) is 1.71. The maximum absolute atomic E-state index is 12.1. The molecule has 0 amide bonds. The highest BCUT2D eigenvalue weighted by Crippen LogP contribution is 2.28. The lowest BCUT2D eigenvalue weighted by Crippen LogP contribution is -2.30. The smallest absolute Gasteiger partial charge is 0.169 e. The highest BCUT2D eigenvalue weighted by Gasteiger charge is 2.31. The molecule has 112 valence electrons. The lowest BCUT2D eigenvalue weighted by atomic mass is 9.83. The van der Waals surface area contributed by atoms with Crippen LogP contribution < -0.4 is 9.47 Å². The number of carbonyl (C=O) groups is 2. The molecule has 0 heterocycles. The molecule has 4 heteroatoms. The van der Waals surface area contributed by atoms with E-state index < -0.39 is 5.41 Å². The van der Waals surface area contributed by atoms with Gasteiger partial charge in [-0.05, 0) is 43.7 Å². The molecule has 0 spiro atoms. The number of ether oxygens (including phenoxy) is 2. The van der Waals surface area contributed by atoms with E-state index in [-0.39, 0.29) is 11.6 Å². The largest absolute Gasteiger partial charge is 0.493 e. The molecule has 0 N–H and O–H groups in total. The molecule has 0 bridgehead atoms. The highest BCUT2D eigenvalue weighted by atomic mass is 16.5. The van der Waals surface area contributed by atoms with E-state index in [1.807, 2.05) is 0 Å². The lowest BCUT2D eigenvalue weighted by Gasteiger charge is -2.17. The Labute approximate surface area is 125 Å². The Morgan fingerprint density at radius 2 is 1.71 bits per heavy atom. The van der Waals surface area contributed by atoms with Gasteiger partial charge in [0.05, 0.1) is 19.6 Å². The molecule has 21 heavy (non-hydrogen) atoms. The van der Waals surface area contributed by atoms with Gasteiger partial charge in [-0.3, -0.25) is 9.59 Å². The minimum absolute atomic E-state index is 0.276. The molecule has 0 aromatic heterocycles. The van der Waals surface area contributed by atoms with Crippen LogP contribution in [0.5, 0.6) is 11.5 Å². The number of carbonyl (C=O) groups excluding carboxylic acids is 2. The Morgan fingerprint density at radius 3 is 2.24 bits per heavy atom. The molecule has 0 unspecified atom stereocenters. The number of benzene rings is 1. The van der Waals surface area contributed by atoms with Gasteiger partial charge in [0.1, 0.15) is 0 Å². The van der Waals surface area contributed by atoms with Gasteiger partial charge in [-0.15, -0.1) is 0 Å². The van der Waals surface area contributed by atoms with Crippen molar-refractivity contribution in [3.8, 4) is 11.5 Å². The van der Waals surface area contributed by atoms with Crippen LogP contribution in [0.3, 0.4) is 0 Å². The quantitative estimate of drug-likeness (QED) is 0.571. The second kappa shape index (κ2) is 6.88. The number of hydrogen-bond acceptors (Lipinski definition) is 4. The van der Waals surface area contributed by atoms with E-state index in [0.29, 0.717) is 11.5 Å². The molecular weight excluding hydrogens is 268 g/mol. The average Bonchev–Trinajstić information content (AvgIpc) is 2.50. The third-order valence-corrected chi connectivity index (χ3v) is 3.25. The van der Waals surface area contributed by atoms with Crippen LogP contribution in [-0.2, 0) is 9.59 Å². The first-order chi connectivity index (χ1) is 9.86. The summed E-state index contributed by atoms with van der Waals surface area (Å²) in [5.41, 5.74) is -0.322. The van der Waals surface area contributed by atoms with Gasteiger partial charge in [-0.1, -0.05) is 18.7 Å². The van der Waals surface area contributed by atoms with Crippen molar-refractivity contribution in [2.45, 2.75) is 13.8 Å². The molecule has 0 saturated carbocycles. The average molecular weight is 288 g/mol. The van der Waals surface area contributed by atoms with E-state index in [1.165, 1.54) is 12.2 Å². The van der Waals surface area contributed by atoms with Crippen molar-refractivity contribution < 1.29 is 19.1 Å². The van der Waals surface area contributed by atoms with Gasteiger partial charge >= 0.3 is 0 Å². The first kappa shape index (κ1) is 16.7. The third kappa shape index (κ3) is 3.81. The van der Waals surface area contributed by atoms with Crippen LogP contribution in [0.4, 0.5) is 0 Å². The summed E-state index contributed by atoms with van der Waals surface area (Å²) in [5, 5.41) is 0. The molecule has 1 aromatic carbocycles. The van der Waals surface area contributed by atoms with Crippen molar-refractivity contribution >= 4 is 17.6 Å². The van der Waals surface area contributed by atoms with Gasteiger partial charge in [-0.25, -0.2) is 0 Å². The zero-order valence-electron chi connectivity index (χ0n) is 12.8. The maximum Gasteiger partial charge on any atom is 0.169 e. The topological polar surface area (TPSA) is 52.6 Å². The molecule has 0 fully saturated rings. The lowest BCUT2D eigenvalue weighted by molar-refractivity contribution is -0.132. The number of methoxy groups -OCH3 is 2. The van der Waals surface area contributed by atoms with E-state index in [9.17, 15) is 9.59 Å². The summed E-state index contributed by atoms with van der Waals surface area (Å²) in [6.07, 6.45) is 4.20. The first-order valence-corrected chi connectivity index (χ1v) is 6.48. The van der Waals surface area contributed by atoms with Gasteiger partial charge in [0.15, 0.2) is 23.1 Å². The second-order valence-corrected chi connectivity index (χ2v) is 5.01. The summed E-state index contributed by atoms with van der Waals surface area (Å²) >= 11 is 0. The normalized spacial score (nSPS) is 11.2. The standard InChI is InChI=1S/C17H20O4/c1-6-15(18)17(2,3)16(19)10-8-12-7-9-13(20-4)14(11-12)21-5/h6-11H,1H2,2-5H3. The first-order valence-electron chi connectivity index (χ1n) is 6.48. The monoisotopic (exact) mass is 288 g/mol. The van der Waals surface area contributed by atoms with Gasteiger partial charge in [-0.2, -0.15) is 0 Å². The Bertz CT molecular complexity index is 582.